The van der Waals surface area contributed by atoms with Gasteiger partial charge in [0, 0.05) is 33.9 Å². The Balaban J connectivity index is 1.48. The van der Waals surface area contributed by atoms with Crippen molar-refractivity contribution in [2.75, 3.05) is 9.80 Å². The molecule has 0 aliphatic carbocycles. The molecular weight excluding hydrogens is 543 g/mol. The van der Waals surface area contributed by atoms with Gasteiger partial charge in [0.25, 0.3) is 6.71 Å². The lowest BCUT2D eigenvalue weighted by atomic mass is 9.33. The average Bonchev–Trinajstić information content (AvgIpc) is 2.99. The molecule has 0 fully saturated rings. The number of benzene rings is 5. The van der Waals surface area contributed by atoms with E-state index in [1.54, 1.807) is 0 Å². The van der Waals surface area contributed by atoms with Crippen molar-refractivity contribution in [2.24, 2.45) is 0 Å². The van der Waals surface area contributed by atoms with E-state index in [0.717, 1.165) is 0 Å². The summed E-state index contributed by atoms with van der Waals surface area (Å²) < 4.78 is 0. The van der Waals surface area contributed by atoms with Crippen LogP contribution in [0.3, 0.4) is 0 Å². The van der Waals surface area contributed by atoms with Crippen molar-refractivity contribution in [1.82, 2.24) is 0 Å². The van der Waals surface area contributed by atoms with Crippen molar-refractivity contribution in [1.29, 1.82) is 0 Å². The van der Waals surface area contributed by atoms with Gasteiger partial charge in [0.1, 0.15) is 0 Å². The van der Waals surface area contributed by atoms with Crippen LogP contribution in [0.15, 0.2) is 97.1 Å². The molecule has 45 heavy (non-hydrogen) atoms. The second-order valence-corrected chi connectivity index (χ2v) is 16.0. The van der Waals surface area contributed by atoms with E-state index in [0.29, 0.717) is 0 Å². The van der Waals surface area contributed by atoms with Gasteiger partial charge in [-0.15, -0.1) is 0 Å². The fourth-order valence-corrected chi connectivity index (χ4v) is 8.14. The zero-order chi connectivity index (χ0) is 31.6. The summed E-state index contributed by atoms with van der Waals surface area (Å²) >= 11 is 0. The topological polar surface area (TPSA) is 6.48 Å². The van der Waals surface area contributed by atoms with Gasteiger partial charge in [0.2, 0.25) is 0 Å². The number of fused-ring (bicyclic) bond motifs is 6. The van der Waals surface area contributed by atoms with Crippen LogP contribution < -0.4 is 26.2 Å². The lowest BCUT2D eigenvalue weighted by molar-refractivity contribution is 0.590. The average molecular weight is 587 g/mol. The Kier molecular flexibility index (Phi) is 5.75. The molecule has 5 aromatic carbocycles. The molecular formula is C42H43BN2. The molecule has 224 valence electrons. The van der Waals surface area contributed by atoms with Crippen LogP contribution in [-0.2, 0) is 16.2 Å². The van der Waals surface area contributed by atoms with E-state index in [1.807, 2.05) is 0 Å². The standard InChI is InChI=1S/C42H43BN2/c1-26-23-36-38-37(24-26)45-34-16-11-10-13-30(34)42(8,9)31-14-12-15-32(39(31)45)43(38)33-25-28(41(5,6)7)19-22-35(33)44(36)29-20-17-27(18-21-29)40(2,3)4/h10-25H,1-9H3. The number of anilines is 6. The molecule has 0 atom stereocenters. The number of hydrogen-bond acceptors (Lipinski definition) is 2. The van der Waals surface area contributed by atoms with E-state index < -0.39 is 0 Å². The minimum atomic E-state index is -0.103. The first kappa shape index (κ1) is 28.3. The summed E-state index contributed by atoms with van der Waals surface area (Å²) in [7, 11) is 0. The summed E-state index contributed by atoms with van der Waals surface area (Å²) in [4.78, 5) is 5.12. The summed E-state index contributed by atoms with van der Waals surface area (Å²) in [6, 6.07) is 37.5. The Morgan fingerprint density at radius 1 is 0.556 bits per heavy atom. The zero-order valence-corrected chi connectivity index (χ0v) is 28.2. The van der Waals surface area contributed by atoms with Gasteiger partial charge in [-0.05, 0) is 98.4 Å². The van der Waals surface area contributed by atoms with Crippen LogP contribution in [-0.4, -0.2) is 6.71 Å². The van der Waals surface area contributed by atoms with Crippen LogP contribution in [0.25, 0.3) is 0 Å². The van der Waals surface area contributed by atoms with E-state index in [-0.39, 0.29) is 23.0 Å². The minimum absolute atomic E-state index is 0.0440. The summed E-state index contributed by atoms with van der Waals surface area (Å²) in [6.45, 7) is 21.0. The molecule has 3 aliphatic heterocycles. The number of aryl methyl sites for hydroxylation is 1. The van der Waals surface area contributed by atoms with Crippen LogP contribution in [0.4, 0.5) is 34.1 Å². The molecule has 0 radical (unpaired) electrons. The van der Waals surface area contributed by atoms with Crippen molar-refractivity contribution < 1.29 is 0 Å². The maximum Gasteiger partial charge on any atom is 0.252 e. The maximum absolute atomic E-state index is 2.59. The molecule has 2 nitrogen and oxygen atoms in total. The second kappa shape index (κ2) is 9.16. The van der Waals surface area contributed by atoms with Crippen molar-refractivity contribution in [2.45, 2.75) is 78.6 Å². The van der Waals surface area contributed by atoms with E-state index in [9.17, 15) is 0 Å². The molecule has 5 aromatic rings. The van der Waals surface area contributed by atoms with Crippen molar-refractivity contribution in [3.05, 3.63) is 125 Å². The Morgan fingerprint density at radius 3 is 1.87 bits per heavy atom. The zero-order valence-electron chi connectivity index (χ0n) is 28.2. The van der Waals surface area contributed by atoms with Gasteiger partial charge < -0.3 is 9.80 Å². The number of rotatable bonds is 1. The summed E-state index contributed by atoms with van der Waals surface area (Å²) in [5, 5.41) is 0. The lowest BCUT2D eigenvalue weighted by Crippen LogP contribution is -2.62. The van der Waals surface area contributed by atoms with Crippen LogP contribution in [0.1, 0.15) is 83.2 Å². The first-order valence-corrected chi connectivity index (χ1v) is 16.5. The van der Waals surface area contributed by atoms with Gasteiger partial charge in [-0.3, -0.25) is 0 Å². The van der Waals surface area contributed by atoms with Gasteiger partial charge in [0.15, 0.2) is 0 Å². The predicted octanol–water partition coefficient (Wildman–Crippen LogP) is 9.31. The molecule has 0 bridgehead atoms. The monoisotopic (exact) mass is 586 g/mol. The molecule has 0 spiro atoms. The highest BCUT2D eigenvalue weighted by Crippen LogP contribution is 2.54. The second-order valence-electron chi connectivity index (χ2n) is 16.0. The van der Waals surface area contributed by atoms with E-state index in [4.69, 9.17) is 0 Å². The Hall–Kier alpha value is -4.24. The van der Waals surface area contributed by atoms with E-state index in [2.05, 4.69) is 169 Å². The molecule has 8 rings (SSSR count). The van der Waals surface area contributed by atoms with Crippen molar-refractivity contribution >= 4 is 57.2 Å². The highest BCUT2D eigenvalue weighted by atomic mass is 15.2. The fraction of sp³-hybridized carbons (Fsp3) is 0.286. The molecule has 3 heterocycles. The van der Waals surface area contributed by atoms with Gasteiger partial charge in [-0.25, -0.2) is 0 Å². The Bertz CT molecular complexity index is 2020. The number of hydrogen-bond donors (Lipinski definition) is 0. The fourth-order valence-electron chi connectivity index (χ4n) is 8.14. The number of nitrogens with zero attached hydrogens (tertiary/aromatic N) is 2. The molecule has 0 saturated carbocycles. The molecule has 3 heteroatoms. The molecule has 0 amide bonds. The van der Waals surface area contributed by atoms with E-state index >= 15 is 0 Å². The predicted molar refractivity (Wildman–Crippen MR) is 195 cm³/mol. The summed E-state index contributed by atoms with van der Waals surface area (Å²) in [5.41, 5.74) is 18.8. The van der Waals surface area contributed by atoms with Crippen LogP contribution in [0.5, 0.6) is 0 Å². The summed E-state index contributed by atoms with van der Waals surface area (Å²) in [5.74, 6) is 0. The molecule has 0 unspecified atom stereocenters. The highest BCUT2D eigenvalue weighted by molar-refractivity contribution is 7.00. The highest BCUT2D eigenvalue weighted by Gasteiger charge is 2.48. The third kappa shape index (κ3) is 3.95. The number of para-hydroxylation sites is 2. The Morgan fingerprint density at radius 2 is 1.18 bits per heavy atom. The summed E-state index contributed by atoms with van der Waals surface area (Å²) in [6.07, 6.45) is 0. The van der Waals surface area contributed by atoms with Gasteiger partial charge in [0.05, 0.1) is 5.69 Å². The molecule has 3 aliphatic rings. The molecule has 0 N–H and O–H groups in total. The van der Waals surface area contributed by atoms with Crippen molar-refractivity contribution in [3.63, 3.8) is 0 Å². The normalized spacial score (nSPS) is 15.7. The maximum atomic E-state index is 2.59. The Labute approximate surface area is 269 Å². The lowest BCUT2D eigenvalue weighted by Gasteiger charge is -2.49. The van der Waals surface area contributed by atoms with Gasteiger partial charge >= 0.3 is 0 Å². The van der Waals surface area contributed by atoms with Gasteiger partial charge in [-0.2, -0.15) is 0 Å². The van der Waals surface area contributed by atoms with Crippen molar-refractivity contribution in [3.8, 4) is 0 Å². The first-order chi connectivity index (χ1) is 21.3. The molecule has 0 saturated heterocycles. The largest absolute Gasteiger partial charge is 0.311 e. The van der Waals surface area contributed by atoms with E-state index in [1.165, 1.54) is 78.3 Å². The third-order valence-corrected chi connectivity index (χ3v) is 10.6. The van der Waals surface area contributed by atoms with Crippen LogP contribution in [0.2, 0.25) is 0 Å². The minimum Gasteiger partial charge on any atom is -0.311 e. The first-order valence-electron chi connectivity index (χ1n) is 16.5. The smallest absolute Gasteiger partial charge is 0.252 e. The van der Waals surface area contributed by atoms with Gasteiger partial charge in [-0.1, -0.05) is 116 Å². The SMILES string of the molecule is Cc1cc2c3c(c1)N1c4ccccc4C(C)(C)c4cccc(c41)B3c1cc(C(C)(C)C)ccc1N2c1ccc(C(C)(C)C)cc1. The van der Waals surface area contributed by atoms with Crippen LogP contribution in [0, 0.1) is 6.92 Å². The van der Waals surface area contributed by atoms with Crippen LogP contribution >= 0.6 is 0 Å². The third-order valence-electron chi connectivity index (χ3n) is 10.6. The quantitative estimate of drug-likeness (QED) is 0.177. The molecule has 0 aromatic heterocycles.